The van der Waals surface area contributed by atoms with Gasteiger partial charge in [0, 0.05) is 120 Å². The van der Waals surface area contributed by atoms with Crippen molar-refractivity contribution in [3.63, 3.8) is 0 Å². The number of H-pyrrole nitrogens is 2. The van der Waals surface area contributed by atoms with Crippen molar-refractivity contribution >= 4 is 122 Å². The number of hydrogen-bond donors (Lipinski definition) is 5. The molecule has 0 aliphatic carbocycles. The summed E-state index contributed by atoms with van der Waals surface area (Å²) >= 11 is 15.2. The Kier molecular flexibility index (Phi) is 20.6. The van der Waals surface area contributed by atoms with Gasteiger partial charge in [-0.2, -0.15) is 0 Å². The highest BCUT2D eigenvalue weighted by Crippen LogP contribution is 2.34. The Morgan fingerprint density at radius 3 is 1.67 bits per heavy atom. The molecule has 8 aromatic rings. The number of amides is 2. The number of carbonyl (C=O) groups excluding carboxylic acids is 4. The summed E-state index contributed by atoms with van der Waals surface area (Å²) in [5, 5.41) is 9.28. The molecule has 6 N–H and O–H groups in total. The second-order valence-electron chi connectivity index (χ2n) is 18.9. The van der Waals surface area contributed by atoms with Crippen molar-refractivity contribution < 1.29 is 19.2 Å². The molecule has 6 aromatic heterocycles. The van der Waals surface area contributed by atoms with Gasteiger partial charge in [0.2, 0.25) is 17.1 Å². The lowest BCUT2D eigenvalue weighted by molar-refractivity contribution is -0.114. The number of nitrogens with one attached hydrogen (secondary N) is 4. The van der Waals surface area contributed by atoms with Gasteiger partial charge in [0.15, 0.2) is 5.78 Å². The number of hydrogen-bond acceptors (Lipinski definition) is 14. The number of alkyl halides is 1. The molecule has 10 rings (SSSR count). The van der Waals surface area contributed by atoms with Crippen molar-refractivity contribution in [2.45, 2.75) is 44.2 Å². The molecule has 0 bridgehead atoms. The molecule has 408 valence electrons. The van der Waals surface area contributed by atoms with Crippen LogP contribution in [0.2, 0.25) is 0 Å². The van der Waals surface area contributed by atoms with Crippen LogP contribution in [-0.2, 0) is 16.0 Å². The number of aromatic nitrogens is 8. The average molecular weight is 1280 g/mol. The van der Waals surface area contributed by atoms with E-state index in [1.165, 1.54) is 12.3 Å². The monoisotopic (exact) mass is 1270 g/mol. The largest absolute Gasteiger partial charge is 0.397 e. The molecule has 2 aliphatic heterocycles. The fourth-order valence-corrected chi connectivity index (χ4v) is 10.1. The number of nitrogens with zero attached hydrogens (tertiary/aromatic N) is 9. The minimum atomic E-state index is -0.431. The maximum absolute atomic E-state index is 13.2. The van der Waals surface area contributed by atoms with Crippen LogP contribution in [0.4, 0.5) is 17.6 Å². The number of nitrogen functional groups attached to an aromatic ring is 1. The first-order chi connectivity index (χ1) is 38.2. The van der Waals surface area contributed by atoms with Gasteiger partial charge in [-0.15, -0.1) is 0 Å². The number of pyridine rings is 2. The molecule has 2 atom stereocenters. The molecule has 2 aliphatic rings. The summed E-state index contributed by atoms with van der Waals surface area (Å²) in [5.41, 5.74) is 13.5. The number of rotatable bonds is 15. The number of aromatic amines is 2. The molecule has 0 radical (unpaired) electrons. The predicted molar refractivity (Wildman–Crippen MR) is 322 cm³/mol. The average Bonchev–Trinajstić information content (AvgIpc) is 4.24. The second-order valence-corrected chi connectivity index (χ2v) is 21.7. The minimum Gasteiger partial charge on any atom is -0.397 e. The van der Waals surface area contributed by atoms with E-state index in [1.807, 2.05) is 83.7 Å². The van der Waals surface area contributed by atoms with Crippen molar-refractivity contribution in [2.24, 2.45) is 0 Å². The SMILES string of the molecule is CN(C)C/C=C/C(=O)Cc1ccc(C(=O)N2CCCC(Nc3ncc(Br)c(-c4c[nH]c5ccccc45)n3)C2)nc1.Nc1ccc(C(=O)N2CCC[C@@H](Nc3ncc(Br)c(-c4c[nH]c5ccccc45)n3)C2)nc1.O=C(Cl)/C=C/CBr. The number of carbonyl (C=O) groups is 4. The maximum atomic E-state index is 13.2. The number of benzene rings is 2. The van der Waals surface area contributed by atoms with Crippen LogP contribution in [0.3, 0.4) is 0 Å². The zero-order valence-corrected chi connectivity index (χ0v) is 48.9. The summed E-state index contributed by atoms with van der Waals surface area (Å²) in [6.07, 6.45) is 20.8. The Morgan fingerprint density at radius 2 is 1.22 bits per heavy atom. The van der Waals surface area contributed by atoms with Gasteiger partial charge in [-0.3, -0.25) is 24.2 Å². The molecule has 2 amide bonds. The number of para-hydroxylation sites is 2. The van der Waals surface area contributed by atoms with Crippen molar-refractivity contribution in [2.75, 3.05) is 68.5 Å². The molecule has 2 aromatic carbocycles. The zero-order chi connectivity index (χ0) is 55.8. The van der Waals surface area contributed by atoms with Gasteiger partial charge in [0.05, 0.1) is 32.2 Å². The van der Waals surface area contributed by atoms with Crippen LogP contribution in [0.25, 0.3) is 44.3 Å². The summed E-state index contributed by atoms with van der Waals surface area (Å²) < 4.78 is 1.63. The summed E-state index contributed by atoms with van der Waals surface area (Å²) in [6, 6.07) is 23.2. The first-order valence-corrected chi connectivity index (χ1v) is 28.5. The number of piperidine rings is 2. The van der Waals surface area contributed by atoms with Crippen molar-refractivity contribution in [1.82, 2.24) is 54.6 Å². The standard InChI is InChI=1S/C30H32BrN7O2.C23H22BrN7O.C4H4BrClO/c1-37(2)13-6-8-22(39)15-20-11-12-27(32-16-20)29(40)38-14-5-7-21(19-38)35-30-34-18-25(31)28(36-30)24-17-33-26-10-4-3-9-23(24)26;24-18-12-28-23(30-21(18)17-11-27-19-6-2-1-5-16(17)19)29-15-4-3-9-31(13-15)22(32)20-8-7-14(25)10-26-20;5-3-1-2-4(6)7/h3-4,6,8-12,16-18,21,33H,5,7,13-15,19H2,1-2H3,(H,34,35,36);1-2,5-8,10-12,15,27H,3-4,9,13,25H2,(H,28,29,30);1-2H,3H2/b8-6+;;2-1+/t;15-;/m.1./s1. The third-order valence-corrected chi connectivity index (χ3v) is 14.5. The number of nitrogens with two attached hydrogens (primary N) is 1. The number of fused-ring (bicyclic) bond motifs is 2. The smallest absolute Gasteiger partial charge is 0.272 e. The van der Waals surface area contributed by atoms with E-state index in [1.54, 1.807) is 55.0 Å². The van der Waals surface area contributed by atoms with Crippen molar-refractivity contribution in [3.8, 4) is 22.5 Å². The van der Waals surface area contributed by atoms with Gasteiger partial charge >= 0.3 is 0 Å². The lowest BCUT2D eigenvalue weighted by Crippen LogP contribution is -2.45. The Balaban J connectivity index is 0.000000189. The number of halogens is 4. The zero-order valence-electron chi connectivity index (χ0n) is 43.4. The quantitative estimate of drug-likeness (QED) is 0.0365. The Labute approximate surface area is 487 Å². The molecule has 8 heterocycles. The fourth-order valence-electron chi connectivity index (χ4n) is 9.01. The highest BCUT2D eigenvalue weighted by molar-refractivity contribution is 9.11. The molecule has 2 fully saturated rings. The van der Waals surface area contributed by atoms with Crippen LogP contribution < -0.4 is 16.4 Å². The highest BCUT2D eigenvalue weighted by Gasteiger charge is 2.28. The number of likely N-dealkylation sites (N-methyl/N-ethyl adjacent to an activating group) is 1. The van der Waals surface area contributed by atoms with E-state index in [2.05, 4.69) is 100 Å². The molecule has 0 spiro atoms. The molecule has 1 unspecified atom stereocenters. The van der Waals surface area contributed by atoms with Crippen LogP contribution in [0, 0.1) is 0 Å². The fraction of sp³-hybridized carbons (Fsp3) is 0.263. The number of allylic oxidation sites excluding steroid dienone is 3. The summed E-state index contributed by atoms with van der Waals surface area (Å²) in [4.78, 5) is 87.4. The van der Waals surface area contributed by atoms with Gasteiger partial charge in [-0.05, 0) is 131 Å². The van der Waals surface area contributed by atoms with Crippen LogP contribution in [0.15, 0.2) is 143 Å². The number of ketones is 1. The lowest BCUT2D eigenvalue weighted by atomic mass is 10.0. The molecule has 22 heteroatoms. The molecule has 2 saturated heterocycles. The van der Waals surface area contributed by atoms with Crippen molar-refractivity contribution in [3.05, 3.63) is 160 Å². The number of likely N-dealkylation sites (tertiary alicyclic amines) is 2. The summed E-state index contributed by atoms with van der Waals surface area (Å²) in [6.45, 7) is 3.16. The summed E-state index contributed by atoms with van der Waals surface area (Å²) in [5.74, 6) is 0.864. The van der Waals surface area contributed by atoms with E-state index in [0.29, 0.717) is 67.0 Å². The van der Waals surface area contributed by atoms with Gasteiger partial charge in [-0.25, -0.2) is 24.9 Å². The van der Waals surface area contributed by atoms with Gasteiger partial charge in [0.25, 0.3) is 11.8 Å². The van der Waals surface area contributed by atoms with Gasteiger partial charge in [0.1, 0.15) is 11.4 Å². The Hall–Kier alpha value is -7.17. The van der Waals surface area contributed by atoms with Gasteiger partial charge < -0.3 is 41.0 Å². The topological polar surface area (TPSA) is 237 Å². The van der Waals surface area contributed by atoms with E-state index in [-0.39, 0.29) is 36.1 Å². The van der Waals surface area contributed by atoms with Crippen LogP contribution in [0.1, 0.15) is 52.2 Å². The minimum absolute atomic E-state index is 0.00989. The third-order valence-electron chi connectivity index (χ3n) is 12.8. The first-order valence-electron chi connectivity index (χ1n) is 25.4. The first kappa shape index (κ1) is 58.0. The highest BCUT2D eigenvalue weighted by atomic mass is 79.9. The lowest BCUT2D eigenvalue weighted by Gasteiger charge is -2.33. The predicted octanol–water partition coefficient (Wildman–Crippen LogP) is 10.5. The Morgan fingerprint density at radius 1 is 0.696 bits per heavy atom. The van der Waals surface area contributed by atoms with Crippen LogP contribution >= 0.6 is 59.4 Å². The number of anilines is 3. The molecular formula is C57H58Br3ClN14O4. The van der Waals surface area contributed by atoms with E-state index < -0.39 is 5.24 Å². The van der Waals surface area contributed by atoms with E-state index in [4.69, 9.17) is 27.3 Å². The molecule has 18 nitrogen and oxygen atoms in total. The Bertz CT molecular complexity index is 3460. The normalized spacial score (nSPS) is 15.4. The van der Waals surface area contributed by atoms with Crippen LogP contribution in [-0.4, -0.2) is 142 Å². The second kappa shape index (κ2) is 28.1. The van der Waals surface area contributed by atoms with E-state index in [9.17, 15) is 19.2 Å². The van der Waals surface area contributed by atoms with E-state index >= 15 is 0 Å². The van der Waals surface area contributed by atoms with E-state index in [0.717, 1.165) is 84.5 Å². The maximum Gasteiger partial charge on any atom is 0.272 e. The molecular weight excluding hydrogens is 1220 g/mol. The molecule has 79 heavy (non-hydrogen) atoms. The third kappa shape index (κ3) is 16.0. The van der Waals surface area contributed by atoms with Crippen LogP contribution in [0.5, 0.6) is 0 Å². The summed E-state index contributed by atoms with van der Waals surface area (Å²) in [7, 11) is 3.90. The van der Waals surface area contributed by atoms with Crippen molar-refractivity contribution in [1.29, 1.82) is 0 Å². The van der Waals surface area contributed by atoms with Gasteiger partial charge in [-0.1, -0.05) is 70.5 Å². The molecule has 0 saturated carbocycles.